The molecule has 0 radical (unpaired) electrons. The average molecular weight is 921 g/mol. The Balaban J connectivity index is 0.869. The third-order valence-corrected chi connectivity index (χ3v) is 18.0. The van der Waals surface area contributed by atoms with E-state index < -0.39 is 118 Å². The van der Waals surface area contributed by atoms with Crippen LogP contribution in [-0.2, 0) is 33.2 Å². The molecule has 19 heteroatoms. The molecule has 4 saturated heterocycles. The van der Waals surface area contributed by atoms with Crippen LogP contribution in [-0.4, -0.2) is 198 Å². The first-order chi connectivity index (χ1) is 30.3. The van der Waals surface area contributed by atoms with Gasteiger partial charge in [0.05, 0.1) is 38.6 Å². The van der Waals surface area contributed by atoms with Gasteiger partial charge in [0.25, 0.3) is 0 Å². The molecule has 64 heavy (non-hydrogen) atoms. The van der Waals surface area contributed by atoms with Crippen LogP contribution in [0.15, 0.2) is 0 Å². The molecule has 0 aromatic rings. The third-order valence-electron chi connectivity index (χ3n) is 18.0. The molecular weight excluding hydrogens is 844 g/mol. The van der Waals surface area contributed by atoms with Gasteiger partial charge in [-0.25, -0.2) is 0 Å². The van der Waals surface area contributed by atoms with Gasteiger partial charge in [0.2, 0.25) is 0 Å². The van der Waals surface area contributed by atoms with Crippen LogP contribution in [0, 0.1) is 52.3 Å². The number of aliphatic hydroxyl groups is 12. The van der Waals surface area contributed by atoms with Crippen molar-refractivity contribution in [2.24, 2.45) is 52.3 Å². The van der Waals surface area contributed by atoms with Crippen LogP contribution >= 0.6 is 0 Å². The average Bonchev–Trinajstić information content (AvgIpc) is 3.71. The third kappa shape index (κ3) is 8.65. The summed E-state index contributed by atoms with van der Waals surface area (Å²) in [4.78, 5) is 0. The monoisotopic (exact) mass is 920 g/mol. The molecule has 19 nitrogen and oxygen atoms in total. The number of aliphatic hydroxyl groups excluding tert-OH is 11. The molecule has 4 heterocycles. The molecule has 0 aromatic carbocycles. The number of hydrogen-bond acceptors (Lipinski definition) is 19. The number of ether oxygens (including phenoxy) is 7. The molecule has 8 fully saturated rings. The molecule has 0 amide bonds. The van der Waals surface area contributed by atoms with E-state index in [0.717, 1.165) is 44.9 Å². The predicted molar refractivity (Wildman–Crippen MR) is 219 cm³/mol. The van der Waals surface area contributed by atoms with Crippen molar-refractivity contribution in [2.45, 2.75) is 202 Å². The van der Waals surface area contributed by atoms with Crippen molar-refractivity contribution in [3.8, 4) is 0 Å². The Bertz CT molecular complexity index is 1560. The van der Waals surface area contributed by atoms with E-state index in [1.807, 2.05) is 6.92 Å². The molecule has 0 spiro atoms. The van der Waals surface area contributed by atoms with Crippen molar-refractivity contribution in [3.63, 3.8) is 0 Å². The number of fused-ring (bicyclic) bond motifs is 7. The first-order valence-corrected chi connectivity index (χ1v) is 23.9. The molecule has 27 atom stereocenters. The fraction of sp³-hybridized carbons (Fsp3) is 1.00. The quantitative estimate of drug-likeness (QED) is 0.0909. The molecule has 370 valence electrons. The zero-order chi connectivity index (χ0) is 46.2. The SMILES string of the molecule is CC(CC[C@@]1(O)O[C@H]2CC3C4CCC5CC(O[C@@H]6O[C@H](CO)[C@@H](O)[C@H](O)[C@H]6O[C@@H]6O[C@H](CO)[C@@H](O)[C@H](O)[C@H]6O)CC[C@]5(C)C4CC[C@]3(C)[C@H]2[C@@H]1C)CO[C@@H]1O[C@H](CO)[C@@H](O)[C@H](O)[C@H]1O. The van der Waals surface area contributed by atoms with E-state index in [9.17, 15) is 61.3 Å². The molecule has 8 aliphatic rings. The highest BCUT2D eigenvalue weighted by Crippen LogP contribution is 2.71. The lowest BCUT2D eigenvalue weighted by Crippen LogP contribution is -2.65. The Kier molecular flexibility index (Phi) is 14.9. The fourth-order valence-electron chi connectivity index (χ4n) is 14.2. The minimum absolute atomic E-state index is 0.00000712. The van der Waals surface area contributed by atoms with Gasteiger partial charge in [-0.3, -0.25) is 0 Å². The summed E-state index contributed by atoms with van der Waals surface area (Å²) in [5, 5.41) is 125. The van der Waals surface area contributed by atoms with Gasteiger partial charge in [0, 0.05) is 12.3 Å². The Morgan fingerprint density at radius 2 is 1.20 bits per heavy atom. The lowest BCUT2D eigenvalue weighted by molar-refractivity contribution is -0.373. The Labute approximate surface area is 374 Å². The molecule has 0 aromatic heterocycles. The summed E-state index contributed by atoms with van der Waals surface area (Å²) in [7, 11) is 0. The lowest BCUT2D eigenvalue weighted by Gasteiger charge is -2.61. The second kappa shape index (κ2) is 19.2. The van der Waals surface area contributed by atoms with Crippen LogP contribution in [0.3, 0.4) is 0 Å². The van der Waals surface area contributed by atoms with Gasteiger partial charge < -0.3 is 94.4 Å². The molecule has 0 bridgehead atoms. The van der Waals surface area contributed by atoms with Gasteiger partial charge in [-0.15, -0.1) is 0 Å². The topological polar surface area (TPSA) is 307 Å². The van der Waals surface area contributed by atoms with Gasteiger partial charge >= 0.3 is 0 Å². The molecular formula is C45H76O19. The van der Waals surface area contributed by atoms with E-state index in [1.54, 1.807) is 0 Å². The van der Waals surface area contributed by atoms with E-state index in [0.29, 0.717) is 42.9 Å². The number of rotatable bonds is 13. The van der Waals surface area contributed by atoms with Crippen LogP contribution < -0.4 is 0 Å². The van der Waals surface area contributed by atoms with Gasteiger partial charge in [0.15, 0.2) is 24.7 Å². The van der Waals surface area contributed by atoms with Gasteiger partial charge in [0.1, 0.15) is 73.2 Å². The zero-order valence-corrected chi connectivity index (χ0v) is 37.5. The summed E-state index contributed by atoms with van der Waals surface area (Å²) >= 11 is 0. The molecule has 4 saturated carbocycles. The maximum Gasteiger partial charge on any atom is 0.187 e. The van der Waals surface area contributed by atoms with E-state index >= 15 is 0 Å². The van der Waals surface area contributed by atoms with Crippen molar-refractivity contribution >= 4 is 0 Å². The minimum atomic E-state index is -1.75. The van der Waals surface area contributed by atoms with Crippen LogP contribution in [0.1, 0.15) is 91.9 Å². The summed E-state index contributed by atoms with van der Waals surface area (Å²) in [5.74, 6) is 0.532. The highest BCUT2D eigenvalue weighted by atomic mass is 16.8. The highest BCUT2D eigenvalue weighted by molar-refractivity contribution is 5.15. The van der Waals surface area contributed by atoms with Crippen LogP contribution in [0.4, 0.5) is 0 Å². The summed E-state index contributed by atoms with van der Waals surface area (Å²) in [6.45, 7) is 7.28. The van der Waals surface area contributed by atoms with E-state index in [-0.39, 0.29) is 47.4 Å². The highest BCUT2D eigenvalue weighted by Gasteiger charge is 2.68. The first-order valence-electron chi connectivity index (χ1n) is 23.9. The standard InChI is InChI=1S/C45H76O19/c1-19(18-58-40-37(55)34(52)31(49)27(15-46)60-40)7-12-45(57)20(2)30-26(64-45)14-25-23-6-5-21-13-22(8-10-43(21,3)24(23)9-11-44(25,30)4)59-42-39(36(54)33(51)29(17-48)62-42)63-41-38(56)35(53)32(50)28(16-47)61-41/h19-42,46-57H,5-18H2,1-4H3/t19?,20-,21?,22?,23?,24?,25?,26-,27+,28+,29+,30-,31+,32+,33+,34-,35-,36-,37+,38+,39+,40+,41-,42+,43-,44-,45+/m0/s1. The van der Waals surface area contributed by atoms with Gasteiger partial charge in [-0.2, -0.15) is 0 Å². The molecule has 8 rings (SSSR count). The van der Waals surface area contributed by atoms with Crippen molar-refractivity contribution in [2.75, 3.05) is 26.4 Å². The van der Waals surface area contributed by atoms with E-state index in [2.05, 4.69) is 20.8 Å². The first kappa shape index (κ1) is 49.7. The summed E-state index contributed by atoms with van der Waals surface area (Å²) < 4.78 is 42.0. The van der Waals surface area contributed by atoms with Crippen LogP contribution in [0.5, 0.6) is 0 Å². The van der Waals surface area contributed by atoms with Crippen molar-refractivity contribution < 1.29 is 94.4 Å². The number of hydrogen-bond donors (Lipinski definition) is 12. The normalized spacial score (nSPS) is 55.6. The van der Waals surface area contributed by atoms with Crippen molar-refractivity contribution in [3.05, 3.63) is 0 Å². The summed E-state index contributed by atoms with van der Waals surface area (Å²) in [6.07, 6.45) is -13.7. The van der Waals surface area contributed by atoms with Gasteiger partial charge in [-0.1, -0.05) is 27.7 Å². The maximum absolute atomic E-state index is 12.1. The minimum Gasteiger partial charge on any atom is -0.394 e. The van der Waals surface area contributed by atoms with Crippen molar-refractivity contribution in [1.29, 1.82) is 0 Å². The Morgan fingerprint density at radius 3 is 1.84 bits per heavy atom. The lowest BCUT2D eigenvalue weighted by atomic mass is 9.44. The van der Waals surface area contributed by atoms with E-state index in [1.165, 1.54) is 0 Å². The smallest absolute Gasteiger partial charge is 0.187 e. The van der Waals surface area contributed by atoms with Crippen molar-refractivity contribution in [1.82, 2.24) is 0 Å². The summed E-state index contributed by atoms with van der Waals surface area (Å²) in [6, 6.07) is 0. The zero-order valence-electron chi connectivity index (χ0n) is 37.5. The van der Waals surface area contributed by atoms with Gasteiger partial charge in [-0.05, 0) is 104 Å². The van der Waals surface area contributed by atoms with Crippen LogP contribution in [0.2, 0.25) is 0 Å². The molecule has 12 N–H and O–H groups in total. The molecule has 4 aliphatic carbocycles. The van der Waals surface area contributed by atoms with E-state index in [4.69, 9.17) is 33.2 Å². The second-order valence-corrected chi connectivity index (χ2v) is 21.5. The second-order valence-electron chi connectivity index (χ2n) is 21.5. The van der Waals surface area contributed by atoms with Crippen LogP contribution in [0.25, 0.3) is 0 Å². The molecule has 4 aliphatic heterocycles. The predicted octanol–water partition coefficient (Wildman–Crippen LogP) is -1.78. The molecule has 6 unspecified atom stereocenters. The fourth-order valence-corrected chi connectivity index (χ4v) is 14.2. The Morgan fingerprint density at radius 1 is 0.625 bits per heavy atom. The maximum atomic E-state index is 12.1. The largest absolute Gasteiger partial charge is 0.394 e. The summed E-state index contributed by atoms with van der Waals surface area (Å²) in [5.41, 5.74) is 0.0475. The Hall–Kier alpha value is -0.760.